The summed E-state index contributed by atoms with van der Waals surface area (Å²) >= 11 is 6.86. The van der Waals surface area contributed by atoms with Gasteiger partial charge in [-0.15, -0.1) is 0 Å². The first kappa shape index (κ1) is 31.7. The number of rotatable bonds is 7. The summed E-state index contributed by atoms with van der Waals surface area (Å²) in [5, 5.41) is 14.8. The van der Waals surface area contributed by atoms with Gasteiger partial charge in [0.2, 0.25) is 5.91 Å². The summed E-state index contributed by atoms with van der Waals surface area (Å²) in [4.78, 5) is 22.1. The van der Waals surface area contributed by atoms with Crippen LogP contribution in [0.2, 0.25) is 5.02 Å². The van der Waals surface area contributed by atoms with Gasteiger partial charge in [-0.05, 0) is 77.0 Å². The lowest BCUT2D eigenvalue weighted by molar-refractivity contribution is -0.127. The van der Waals surface area contributed by atoms with Crippen LogP contribution in [0, 0.1) is 19.8 Å². The van der Waals surface area contributed by atoms with E-state index < -0.39 is 0 Å². The molecule has 0 spiro atoms. The fourth-order valence-electron chi connectivity index (χ4n) is 8.48. The van der Waals surface area contributed by atoms with Crippen LogP contribution in [-0.4, -0.2) is 118 Å². The number of likely N-dealkylation sites (tertiary alicyclic amines) is 1. The molecule has 0 saturated carbocycles. The smallest absolute Gasteiger partial charge is 0.245 e. The van der Waals surface area contributed by atoms with Crippen LogP contribution in [0.5, 0.6) is 0 Å². The van der Waals surface area contributed by atoms with E-state index in [0.717, 1.165) is 122 Å². The third kappa shape index (κ3) is 5.76. The summed E-state index contributed by atoms with van der Waals surface area (Å²) in [6.07, 6.45) is 7.33. The molecule has 1 amide bonds. The van der Waals surface area contributed by atoms with Crippen molar-refractivity contribution < 1.29 is 9.53 Å². The molecule has 0 radical (unpaired) electrons. The number of aromatic amines is 1. The summed E-state index contributed by atoms with van der Waals surface area (Å²) in [7, 11) is 0. The lowest BCUT2D eigenvalue weighted by atomic mass is 9.81. The molecule has 1 aromatic carbocycles. The van der Waals surface area contributed by atoms with Gasteiger partial charge in [0, 0.05) is 85.1 Å². The number of amides is 1. The van der Waals surface area contributed by atoms with Gasteiger partial charge in [0.15, 0.2) is 5.82 Å². The molecule has 4 aliphatic heterocycles. The van der Waals surface area contributed by atoms with Crippen molar-refractivity contribution in [3.05, 3.63) is 41.2 Å². The van der Waals surface area contributed by atoms with Crippen molar-refractivity contribution in [1.29, 1.82) is 0 Å². The number of aromatic nitrogens is 4. The molecule has 0 aliphatic carbocycles. The zero-order valence-electron chi connectivity index (χ0n) is 27.9. The summed E-state index contributed by atoms with van der Waals surface area (Å²) in [5.74, 6) is 1.69. The van der Waals surface area contributed by atoms with Gasteiger partial charge >= 0.3 is 0 Å². The second-order valence-corrected chi connectivity index (χ2v) is 14.9. The molecule has 6 heterocycles. The Balaban J connectivity index is 1.18. The highest BCUT2D eigenvalue weighted by Gasteiger charge is 2.40. The van der Waals surface area contributed by atoms with Crippen LogP contribution >= 0.6 is 11.6 Å². The van der Waals surface area contributed by atoms with Crippen LogP contribution < -0.4 is 4.90 Å². The minimum atomic E-state index is -0.0733. The Labute approximate surface area is 277 Å². The second kappa shape index (κ2) is 12.6. The third-order valence-electron chi connectivity index (χ3n) is 11.2. The van der Waals surface area contributed by atoms with Gasteiger partial charge in [0.05, 0.1) is 37.0 Å². The Morgan fingerprint density at radius 3 is 2.46 bits per heavy atom. The summed E-state index contributed by atoms with van der Waals surface area (Å²) in [6.45, 7) is 22.7. The summed E-state index contributed by atoms with van der Waals surface area (Å²) in [5.41, 5.74) is 5.31. The van der Waals surface area contributed by atoms with E-state index in [1.54, 1.807) is 0 Å². The topological polar surface area (TPSA) is 85.8 Å². The van der Waals surface area contributed by atoms with Crippen LogP contribution in [0.4, 0.5) is 5.82 Å². The van der Waals surface area contributed by atoms with E-state index >= 15 is 0 Å². The Hall–Kier alpha value is -2.92. The minimum absolute atomic E-state index is 0.00776. The number of piperazine rings is 1. The molecule has 4 saturated heterocycles. The number of nitrogens with zero attached hydrogens (tertiary/aromatic N) is 7. The number of nitrogens with one attached hydrogen (secondary N) is 1. The number of benzene rings is 1. The molecule has 0 bridgehead atoms. The maximum absolute atomic E-state index is 12.3. The van der Waals surface area contributed by atoms with Crippen LogP contribution in [0.3, 0.4) is 0 Å². The van der Waals surface area contributed by atoms with E-state index in [4.69, 9.17) is 21.4 Å². The van der Waals surface area contributed by atoms with Crippen molar-refractivity contribution in [3.63, 3.8) is 0 Å². The number of hydrogen-bond acceptors (Lipinski definition) is 7. The maximum atomic E-state index is 12.3. The van der Waals surface area contributed by atoms with Crippen molar-refractivity contribution >= 4 is 34.2 Å². The Bertz CT molecular complexity index is 1590. The Morgan fingerprint density at radius 1 is 1.07 bits per heavy atom. The van der Waals surface area contributed by atoms with Crippen LogP contribution in [-0.2, 0) is 9.53 Å². The van der Waals surface area contributed by atoms with Crippen LogP contribution in [0.1, 0.15) is 56.8 Å². The van der Waals surface area contributed by atoms with E-state index in [0.29, 0.717) is 25.0 Å². The van der Waals surface area contributed by atoms with Gasteiger partial charge in [-0.2, -0.15) is 10.2 Å². The molecule has 1 N–H and O–H groups in total. The second-order valence-electron chi connectivity index (χ2n) is 14.5. The van der Waals surface area contributed by atoms with Crippen LogP contribution in [0.25, 0.3) is 22.0 Å². The number of H-pyrrole nitrogens is 1. The molecule has 248 valence electrons. The van der Waals surface area contributed by atoms with Crippen molar-refractivity contribution in [2.24, 2.45) is 5.92 Å². The minimum Gasteiger partial charge on any atom is -0.378 e. The standard InChI is InChI=1S/C35H49ClN8O2/c1-6-31(45)42-10-8-26(9-11-42)44-24(3)33(32-23(2)29(36)17-30-28(32)19-37-38-30)34(39-44)43-12-7-25(18-35(43,4)5)20-40-13-15-41(16-14-40)27-21-46-22-27/h6,17,19,25-27H,1,7-16,18,20-22H2,2-5H3,(H,37,38)/t25-/m1/s1. The summed E-state index contributed by atoms with van der Waals surface area (Å²) in [6, 6.07) is 2.82. The van der Waals surface area contributed by atoms with Crippen molar-refractivity contribution in [2.45, 2.75) is 71.0 Å². The Kier molecular flexibility index (Phi) is 8.67. The third-order valence-corrected chi connectivity index (χ3v) is 11.6. The zero-order valence-corrected chi connectivity index (χ0v) is 28.7. The molecule has 2 aromatic heterocycles. The first-order chi connectivity index (χ1) is 22.1. The highest BCUT2D eigenvalue weighted by atomic mass is 35.5. The highest BCUT2D eigenvalue weighted by molar-refractivity contribution is 6.33. The van der Waals surface area contributed by atoms with Gasteiger partial charge in [-0.1, -0.05) is 18.2 Å². The fraction of sp³-hybridized carbons (Fsp3) is 0.629. The van der Waals surface area contributed by atoms with Crippen LogP contribution in [0.15, 0.2) is 24.9 Å². The quantitative estimate of drug-likeness (QED) is 0.359. The molecule has 0 unspecified atom stereocenters. The summed E-state index contributed by atoms with van der Waals surface area (Å²) < 4.78 is 7.69. The van der Waals surface area contributed by atoms with Crippen molar-refractivity contribution in [3.8, 4) is 11.1 Å². The number of fused-ring (bicyclic) bond motifs is 1. The molecule has 4 aliphatic rings. The van der Waals surface area contributed by atoms with Gasteiger partial charge in [-0.3, -0.25) is 19.5 Å². The van der Waals surface area contributed by atoms with E-state index in [1.165, 1.54) is 6.08 Å². The average molecular weight is 649 g/mol. The number of hydrogen-bond donors (Lipinski definition) is 1. The van der Waals surface area contributed by atoms with Gasteiger partial charge in [0.25, 0.3) is 0 Å². The van der Waals surface area contributed by atoms with Crippen molar-refractivity contribution in [1.82, 2.24) is 34.7 Å². The first-order valence-electron chi connectivity index (χ1n) is 17.1. The van der Waals surface area contributed by atoms with E-state index in [2.05, 4.69) is 63.9 Å². The predicted molar refractivity (Wildman–Crippen MR) is 184 cm³/mol. The number of ether oxygens (including phenoxy) is 1. The molecule has 3 aromatic rings. The molecular weight excluding hydrogens is 600 g/mol. The Morgan fingerprint density at radius 2 is 1.80 bits per heavy atom. The maximum Gasteiger partial charge on any atom is 0.245 e. The number of carbonyl (C=O) groups is 1. The number of piperidine rings is 2. The SMILES string of the molecule is C=CC(=O)N1CCC(n2nc(N3CC[C@@H](CN4CCN(C5COC5)CC4)CC3(C)C)c(-c3c(C)c(Cl)cc4[nH]ncc34)c2C)CC1. The molecule has 7 rings (SSSR count). The molecule has 1 atom stereocenters. The number of halogens is 1. The van der Waals surface area contributed by atoms with Crippen molar-refractivity contribution in [2.75, 3.05) is 70.5 Å². The van der Waals surface area contributed by atoms with Gasteiger partial charge in [-0.25, -0.2) is 0 Å². The monoisotopic (exact) mass is 648 g/mol. The van der Waals surface area contributed by atoms with E-state index in [9.17, 15) is 4.79 Å². The molecule has 46 heavy (non-hydrogen) atoms. The highest BCUT2D eigenvalue weighted by Crippen LogP contribution is 2.46. The molecule has 10 nitrogen and oxygen atoms in total. The first-order valence-corrected chi connectivity index (χ1v) is 17.5. The lowest BCUT2D eigenvalue weighted by Gasteiger charge is -2.48. The van der Waals surface area contributed by atoms with Gasteiger partial charge in [0.1, 0.15) is 0 Å². The molecular formula is C35H49ClN8O2. The average Bonchev–Trinajstić information content (AvgIpc) is 3.61. The molecule has 4 fully saturated rings. The normalized spacial score (nSPS) is 23.6. The lowest BCUT2D eigenvalue weighted by Crippen LogP contribution is -2.58. The molecule has 11 heteroatoms. The number of carbonyl (C=O) groups excluding carboxylic acids is 1. The number of anilines is 1. The van der Waals surface area contributed by atoms with Gasteiger partial charge < -0.3 is 19.4 Å². The fourth-order valence-corrected chi connectivity index (χ4v) is 8.68. The van der Waals surface area contributed by atoms with E-state index in [1.807, 2.05) is 17.2 Å². The largest absolute Gasteiger partial charge is 0.378 e. The van der Waals surface area contributed by atoms with E-state index in [-0.39, 0.29) is 17.5 Å². The predicted octanol–water partition coefficient (Wildman–Crippen LogP) is 5.06. The zero-order chi connectivity index (χ0) is 32.2.